The number of ether oxygens (including phenoxy) is 1. The molecule has 7 heteroatoms. The number of carbonyl (C=O) groups is 1. The van der Waals surface area contributed by atoms with Crippen molar-refractivity contribution in [1.82, 2.24) is 5.32 Å². The minimum atomic E-state index is -4.17. The van der Waals surface area contributed by atoms with Crippen LogP contribution in [0.3, 0.4) is 0 Å². The zero-order valence-corrected chi connectivity index (χ0v) is 14.7. The second-order valence-corrected chi connectivity index (χ2v) is 7.60. The average molecular weight is 363 g/mol. The van der Waals surface area contributed by atoms with Crippen molar-refractivity contribution in [1.29, 1.82) is 0 Å². The van der Waals surface area contributed by atoms with Gasteiger partial charge in [0, 0.05) is 6.54 Å². The fourth-order valence-electron chi connectivity index (χ4n) is 2.12. The van der Waals surface area contributed by atoms with Gasteiger partial charge in [0.1, 0.15) is 11.9 Å². The molecule has 0 heterocycles. The van der Waals surface area contributed by atoms with E-state index in [2.05, 4.69) is 17.4 Å². The SMILES string of the molecule is CC(CNC(=O)OCc1ccc(Cc2ccccc2)cc1)S(=O)(=O)O. The van der Waals surface area contributed by atoms with Gasteiger partial charge >= 0.3 is 6.09 Å². The summed E-state index contributed by atoms with van der Waals surface area (Å²) in [6.07, 6.45) is 0.0968. The smallest absolute Gasteiger partial charge is 0.407 e. The largest absolute Gasteiger partial charge is 0.445 e. The molecule has 0 fully saturated rings. The number of rotatable bonds is 7. The Labute approximate surface area is 147 Å². The van der Waals surface area contributed by atoms with E-state index >= 15 is 0 Å². The number of carbonyl (C=O) groups excluding carboxylic acids is 1. The third-order valence-corrected chi connectivity index (χ3v) is 4.87. The van der Waals surface area contributed by atoms with Gasteiger partial charge in [-0.25, -0.2) is 4.79 Å². The quantitative estimate of drug-likeness (QED) is 0.738. The first kappa shape index (κ1) is 19.0. The molecule has 1 amide bonds. The Kier molecular flexibility index (Phi) is 6.55. The molecule has 0 saturated carbocycles. The molecule has 2 aromatic rings. The van der Waals surface area contributed by atoms with Gasteiger partial charge in [0.2, 0.25) is 0 Å². The lowest BCUT2D eigenvalue weighted by atomic mass is 10.0. The van der Waals surface area contributed by atoms with E-state index in [4.69, 9.17) is 9.29 Å². The van der Waals surface area contributed by atoms with Gasteiger partial charge < -0.3 is 10.1 Å². The van der Waals surface area contributed by atoms with Crippen LogP contribution in [-0.4, -0.2) is 30.9 Å². The number of alkyl carbamates (subject to hydrolysis) is 1. The van der Waals surface area contributed by atoms with Crippen molar-refractivity contribution >= 4 is 16.2 Å². The maximum atomic E-state index is 11.5. The van der Waals surface area contributed by atoms with Crippen LogP contribution in [0.15, 0.2) is 54.6 Å². The van der Waals surface area contributed by atoms with Crippen molar-refractivity contribution in [3.8, 4) is 0 Å². The van der Waals surface area contributed by atoms with Gasteiger partial charge in [0.25, 0.3) is 10.1 Å². The molecule has 2 N–H and O–H groups in total. The highest BCUT2D eigenvalue weighted by atomic mass is 32.2. The second kappa shape index (κ2) is 8.64. The highest BCUT2D eigenvalue weighted by Gasteiger charge is 2.18. The molecule has 0 bridgehead atoms. The molecule has 1 atom stereocenters. The molecule has 0 aliphatic carbocycles. The standard InChI is InChI=1S/C18H21NO5S/c1-14(25(21,22)23)12-19-18(20)24-13-17-9-7-16(8-10-17)11-15-5-3-2-4-6-15/h2-10,14H,11-13H2,1H3,(H,19,20)(H,21,22,23). The summed E-state index contributed by atoms with van der Waals surface area (Å²) >= 11 is 0. The van der Waals surface area contributed by atoms with Crippen molar-refractivity contribution in [3.63, 3.8) is 0 Å². The van der Waals surface area contributed by atoms with E-state index < -0.39 is 21.5 Å². The molecule has 6 nitrogen and oxygen atoms in total. The molecule has 0 aromatic heterocycles. The fraction of sp³-hybridized carbons (Fsp3) is 0.278. The second-order valence-electron chi connectivity index (χ2n) is 5.76. The predicted molar refractivity (Wildman–Crippen MR) is 94.9 cm³/mol. The Morgan fingerprint density at radius 2 is 1.60 bits per heavy atom. The molecule has 0 radical (unpaired) electrons. The van der Waals surface area contributed by atoms with E-state index in [-0.39, 0.29) is 13.2 Å². The number of hydrogen-bond donors (Lipinski definition) is 2. The van der Waals surface area contributed by atoms with Crippen molar-refractivity contribution in [2.24, 2.45) is 0 Å². The Hall–Kier alpha value is -2.38. The zero-order valence-electron chi connectivity index (χ0n) is 13.9. The molecular formula is C18H21NO5S. The number of benzene rings is 2. The van der Waals surface area contributed by atoms with E-state index in [0.29, 0.717) is 0 Å². The van der Waals surface area contributed by atoms with Crippen LogP contribution in [0.5, 0.6) is 0 Å². The number of amides is 1. The maximum Gasteiger partial charge on any atom is 0.407 e. The monoisotopic (exact) mass is 363 g/mol. The molecule has 134 valence electrons. The summed E-state index contributed by atoms with van der Waals surface area (Å²) in [7, 11) is -4.17. The van der Waals surface area contributed by atoms with Gasteiger partial charge in [-0.05, 0) is 30.0 Å². The van der Waals surface area contributed by atoms with Crippen LogP contribution < -0.4 is 5.32 Å². The summed E-state index contributed by atoms with van der Waals surface area (Å²) < 4.78 is 35.5. The normalized spacial score (nSPS) is 12.4. The van der Waals surface area contributed by atoms with Crippen LogP contribution in [0.1, 0.15) is 23.6 Å². The first-order chi connectivity index (χ1) is 11.8. The van der Waals surface area contributed by atoms with Gasteiger partial charge in [-0.3, -0.25) is 4.55 Å². The van der Waals surface area contributed by atoms with Crippen LogP contribution in [0.4, 0.5) is 4.79 Å². The van der Waals surface area contributed by atoms with E-state index in [0.717, 1.165) is 17.5 Å². The van der Waals surface area contributed by atoms with Crippen LogP contribution in [-0.2, 0) is 27.9 Å². The molecule has 0 spiro atoms. The zero-order chi connectivity index (χ0) is 18.3. The summed E-state index contributed by atoms with van der Waals surface area (Å²) in [4.78, 5) is 11.5. The van der Waals surface area contributed by atoms with Crippen LogP contribution >= 0.6 is 0 Å². The highest BCUT2D eigenvalue weighted by Crippen LogP contribution is 2.11. The lowest BCUT2D eigenvalue weighted by Crippen LogP contribution is -2.35. The highest BCUT2D eigenvalue weighted by molar-refractivity contribution is 7.86. The van der Waals surface area contributed by atoms with Crippen LogP contribution in [0.25, 0.3) is 0 Å². The van der Waals surface area contributed by atoms with Gasteiger partial charge in [0.05, 0.1) is 0 Å². The summed E-state index contributed by atoms with van der Waals surface area (Å²) in [5.74, 6) is 0. The molecular weight excluding hydrogens is 342 g/mol. The Bertz CT molecular complexity index is 788. The number of nitrogens with one attached hydrogen (secondary N) is 1. The Morgan fingerprint density at radius 1 is 1.04 bits per heavy atom. The molecule has 25 heavy (non-hydrogen) atoms. The number of hydrogen-bond acceptors (Lipinski definition) is 4. The molecule has 0 aliphatic rings. The van der Waals surface area contributed by atoms with Gasteiger partial charge in [0.15, 0.2) is 0 Å². The lowest BCUT2D eigenvalue weighted by molar-refractivity contribution is 0.139. The Balaban J connectivity index is 1.78. The van der Waals surface area contributed by atoms with Gasteiger partial charge in [-0.2, -0.15) is 8.42 Å². The molecule has 0 aliphatic heterocycles. The third kappa shape index (κ3) is 6.56. The van der Waals surface area contributed by atoms with Crippen LogP contribution in [0, 0.1) is 0 Å². The van der Waals surface area contributed by atoms with E-state index in [9.17, 15) is 13.2 Å². The third-order valence-electron chi connectivity index (χ3n) is 3.69. The first-order valence-electron chi connectivity index (χ1n) is 7.83. The minimum Gasteiger partial charge on any atom is -0.445 e. The van der Waals surface area contributed by atoms with Gasteiger partial charge in [-0.15, -0.1) is 0 Å². The summed E-state index contributed by atoms with van der Waals surface area (Å²) in [5.41, 5.74) is 3.20. The summed E-state index contributed by atoms with van der Waals surface area (Å²) in [6, 6.07) is 17.8. The van der Waals surface area contributed by atoms with E-state index in [1.54, 1.807) is 0 Å². The fourth-order valence-corrected chi connectivity index (χ4v) is 2.41. The van der Waals surface area contributed by atoms with Gasteiger partial charge in [-0.1, -0.05) is 54.6 Å². The average Bonchev–Trinajstić information content (AvgIpc) is 2.59. The maximum absolute atomic E-state index is 11.5. The Morgan fingerprint density at radius 3 is 2.20 bits per heavy atom. The van der Waals surface area contributed by atoms with Crippen LogP contribution in [0.2, 0.25) is 0 Å². The van der Waals surface area contributed by atoms with Crippen molar-refractivity contribution < 1.29 is 22.5 Å². The van der Waals surface area contributed by atoms with Crippen molar-refractivity contribution in [2.75, 3.05) is 6.54 Å². The molecule has 2 rings (SSSR count). The lowest BCUT2D eigenvalue weighted by Gasteiger charge is -2.10. The summed E-state index contributed by atoms with van der Waals surface area (Å²) in [5, 5.41) is 1.22. The molecule has 2 aromatic carbocycles. The van der Waals surface area contributed by atoms with E-state index in [1.165, 1.54) is 12.5 Å². The molecule has 1 unspecified atom stereocenters. The topological polar surface area (TPSA) is 92.7 Å². The first-order valence-corrected chi connectivity index (χ1v) is 9.33. The predicted octanol–water partition coefficient (Wildman–Crippen LogP) is 2.78. The van der Waals surface area contributed by atoms with Crippen molar-refractivity contribution in [2.45, 2.75) is 25.2 Å². The van der Waals surface area contributed by atoms with Crippen molar-refractivity contribution in [3.05, 3.63) is 71.3 Å². The summed E-state index contributed by atoms with van der Waals surface area (Å²) in [6.45, 7) is 1.16. The van der Waals surface area contributed by atoms with E-state index in [1.807, 2.05) is 42.5 Å². The molecule has 0 saturated heterocycles. The minimum absolute atomic E-state index is 0.0811.